The minimum atomic E-state index is 0.524. The Morgan fingerprint density at radius 1 is 1.17 bits per heavy atom. The highest BCUT2D eigenvalue weighted by Gasteiger charge is 2.22. The Kier molecular flexibility index (Phi) is 3.30. The Morgan fingerprint density at radius 3 is 2.87 bits per heavy atom. The first-order chi connectivity index (χ1) is 11.2. The van der Waals surface area contributed by atoms with E-state index in [0.717, 1.165) is 40.4 Å². The maximum atomic E-state index is 5.83. The third kappa shape index (κ3) is 2.57. The Morgan fingerprint density at radius 2 is 2.09 bits per heavy atom. The number of hydrogen-bond acceptors (Lipinski definition) is 8. The monoisotopic (exact) mass is 326 g/mol. The molecule has 3 heterocycles. The van der Waals surface area contributed by atoms with Gasteiger partial charge in [-0.1, -0.05) is 11.3 Å². The summed E-state index contributed by atoms with van der Waals surface area (Å²) in [7, 11) is 1.58. The molecule has 3 N–H and O–H groups in total. The maximum Gasteiger partial charge on any atom is 0.227 e. The second kappa shape index (κ2) is 5.47. The van der Waals surface area contributed by atoms with Crippen LogP contribution in [-0.4, -0.2) is 27.0 Å². The second-order valence-corrected chi connectivity index (χ2v) is 6.14. The number of hydrogen-bond donors (Lipinski definition) is 2. The molecule has 0 fully saturated rings. The van der Waals surface area contributed by atoms with Crippen LogP contribution in [0.3, 0.4) is 0 Å². The van der Waals surface area contributed by atoms with Crippen molar-refractivity contribution < 1.29 is 4.74 Å². The van der Waals surface area contributed by atoms with Gasteiger partial charge in [-0.15, -0.1) is 0 Å². The van der Waals surface area contributed by atoms with Gasteiger partial charge in [0.05, 0.1) is 35.3 Å². The standard InChI is InChI=1S/C15H14N6OS/c1-22-11-5-3-9(7-17-11)19-15-18-6-8-2-4-10-13(12(8)21-15)23-14(16)20-10/h3,5-7H,2,4H2,1H3,(H2,16,20)(H,18,19,21). The molecule has 116 valence electrons. The summed E-state index contributed by atoms with van der Waals surface area (Å²) in [5.41, 5.74) is 9.69. The molecular formula is C15H14N6OS. The summed E-state index contributed by atoms with van der Waals surface area (Å²) in [5, 5.41) is 3.73. The number of rotatable bonds is 3. The van der Waals surface area contributed by atoms with E-state index in [1.54, 1.807) is 19.4 Å². The average molecular weight is 326 g/mol. The van der Waals surface area contributed by atoms with E-state index in [4.69, 9.17) is 10.5 Å². The highest BCUT2D eigenvalue weighted by molar-refractivity contribution is 7.18. The van der Waals surface area contributed by atoms with Gasteiger partial charge in [-0.25, -0.2) is 19.9 Å². The fourth-order valence-corrected chi connectivity index (χ4v) is 3.43. The number of fused-ring (bicyclic) bond motifs is 3. The van der Waals surface area contributed by atoms with E-state index in [1.165, 1.54) is 11.3 Å². The van der Waals surface area contributed by atoms with E-state index in [2.05, 4.69) is 25.3 Å². The largest absolute Gasteiger partial charge is 0.481 e. The minimum absolute atomic E-state index is 0.524. The summed E-state index contributed by atoms with van der Waals surface area (Å²) in [6.45, 7) is 0. The molecule has 1 aliphatic rings. The van der Waals surface area contributed by atoms with E-state index >= 15 is 0 Å². The van der Waals surface area contributed by atoms with Crippen molar-refractivity contribution in [3.63, 3.8) is 0 Å². The van der Waals surface area contributed by atoms with Gasteiger partial charge in [-0.3, -0.25) is 0 Å². The summed E-state index contributed by atoms with van der Waals surface area (Å²) < 4.78 is 5.05. The van der Waals surface area contributed by atoms with Crippen LogP contribution in [0.25, 0.3) is 10.6 Å². The minimum Gasteiger partial charge on any atom is -0.481 e. The molecule has 0 saturated carbocycles. The first-order valence-electron chi connectivity index (χ1n) is 7.11. The van der Waals surface area contributed by atoms with E-state index < -0.39 is 0 Å². The Hall–Kier alpha value is -2.74. The zero-order valence-electron chi connectivity index (χ0n) is 12.4. The van der Waals surface area contributed by atoms with Crippen molar-refractivity contribution in [3.8, 4) is 16.5 Å². The van der Waals surface area contributed by atoms with Crippen LogP contribution in [0, 0.1) is 0 Å². The van der Waals surface area contributed by atoms with Gasteiger partial charge in [-0.05, 0) is 24.5 Å². The molecular weight excluding hydrogens is 312 g/mol. The Bertz CT molecular complexity index is 861. The number of nitrogens with one attached hydrogen (secondary N) is 1. The van der Waals surface area contributed by atoms with E-state index in [-0.39, 0.29) is 0 Å². The van der Waals surface area contributed by atoms with E-state index in [1.807, 2.05) is 12.3 Å². The molecule has 3 aromatic rings. The zero-order chi connectivity index (χ0) is 15.8. The molecule has 4 rings (SSSR count). The van der Waals surface area contributed by atoms with E-state index in [9.17, 15) is 0 Å². The molecule has 0 aromatic carbocycles. The van der Waals surface area contributed by atoms with Crippen LogP contribution >= 0.6 is 11.3 Å². The predicted molar refractivity (Wildman–Crippen MR) is 89.0 cm³/mol. The van der Waals surface area contributed by atoms with Crippen LogP contribution in [0.5, 0.6) is 5.88 Å². The lowest BCUT2D eigenvalue weighted by Crippen LogP contribution is -2.07. The van der Waals surface area contributed by atoms with Crippen molar-refractivity contribution in [2.45, 2.75) is 12.8 Å². The van der Waals surface area contributed by atoms with Gasteiger partial charge in [0.25, 0.3) is 0 Å². The number of thiazole rings is 1. The topological polar surface area (TPSA) is 98.8 Å². The van der Waals surface area contributed by atoms with Crippen LogP contribution in [-0.2, 0) is 12.8 Å². The molecule has 0 amide bonds. The van der Waals surface area contributed by atoms with Gasteiger partial charge in [0.15, 0.2) is 5.13 Å². The molecule has 0 bridgehead atoms. The molecule has 7 nitrogen and oxygen atoms in total. The molecule has 8 heteroatoms. The van der Waals surface area contributed by atoms with Crippen LogP contribution in [0.15, 0.2) is 24.5 Å². The summed E-state index contributed by atoms with van der Waals surface area (Å²) in [4.78, 5) is 18.6. The molecule has 0 atom stereocenters. The molecule has 0 radical (unpaired) electrons. The number of aromatic nitrogens is 4. The molecule has 1 aliphatic carbocycles. The number of nitrogens with two attached hydrogens (primary N) is 1. The third-order valence-corrected chi connectivity index (χ3v) is 4.56. The van der Waals surface area contributed by atoms with Crippen molar-refractivity contribution in [2.75, 3.05) is 18.2 Å². The number of ether oxygens (including phenoxy) is 1. The highest BCUT2D eigenvalue weighted by atomic mass is 32.1. The SMILES string of the molecule is COc1ccc(Nc2ncc3c(n2)-c2sc(N)nc2CC3)cn1. The van der Waals surface area contributed by atoms with Gasteiger partial charge >= 0.3 is 0 Å². The van der Waals surface area contributed by atoms with Crippen LogP contribution < -0.4 is 15.8 Å². The second-order valence-electron chi connectivity index (χ2n) is 5.11. The molecule has 0 aliphatic heterocycles. The van der Waals surface area contributed by atoms with Crippen LogP contribution in [0.4, 0.5) is 16.8 Å². The van der Waals surface area contributed by atoms with Crippen molar-refractivity contribution in [3.05, 3.63) is 35.8 Å². The van der Waals surface area contributed by atoms with Crippen molar-refractivity contribution in [2.24, 2.45) is 0 Å². The summed E-state index contributed by atoms with van der Waals surface area (Å²) in [5.74, 6) is 1.09. The number of anilines is 3. The Labute approximate surface area is 136 Å². The molecule has 3 aromatic heterocycles. The molecule has 23 heavy (non-hydrogen) atoms. The maximum absolute atomic E-state index is 5.83. The van der Waals surface area contributed by atoms with Crippen molar-refractivity contribution >= 4 is 28.1 Å². The van der Waals surface area contributed by atoms with Gasteiger partial charge < -0.3 is 15.8 Å². The lowest BCUT2D eigenvalue weighted by molar-refractivity contribution is 0.398. The van der Waals surface area contributed by atoms with Crippen molar-refractivity contribution in [1.82, 2.24) is 19.9 Å². The fraction of sp³-hybridized carbons (Fsp3) is 0.200. The van der Waals surface area contributed by atoms with Gasteiger partial charge in [0.1, 0.15) is 0 Å². The van der Waals surface area contributed by atoms with Gasteiger partial charge in [0.2, 0.25) is 11.8 Å². The lowest BCUT2D eigenvalue weighted by atomic mass is 10.00. The molecule has 0 saturated heterocycles. The van der Waals surface area contributed by atoms with Gasteiger partial charge in [0, 0.05) is 12.3 Å². The Balaban J connectivity index is 1.66. The number of nitrogen functional groups attached to an aromatic ring is 1. The number of nitrogens with zero attached hydrogens (tertiary/aromatic N) is 4. The first-order valence-corrected chi connectivity index (χ1v) is 7.93. The normalized spacial score (nSPS) is 12.4. The smallest absolute Gasteiger partial charge is 0.227 e. The van der Waals surface area contributed by atoms with Crippen molar-refractivity contribution in [1.29, 1.82) is 0 Å². The summed E-state index contributed by atoms with van der Waals surface area (Å²) in [6.07, 6.45) is 5.31. The fourth-order valence-electron chi connectivity index (χ4n) is 2.53. The van der Waals surface area contributed by atoms with Crippen LogP contribution in [0.1, 0.15) is 11.3 Å². The first kappa shape index (κ1) is 13.9. The summed E-state index contributed by atoms with van der Waals surface area (Å²) in [6, 6.07) is 3.65. The third-order valence-electron chi connectivity index (χ3n) is 3.63. The highest BCUT2D eigenvalue weighted by Crippen LogP contribution is 2.37. The predicted octanol–water partition coefficient (Wildman–Crippen LogP) is 2.43. The summed E-state index contributed by atoms with van der Waals surface area (Å²) >= 11 is 1.47. The number of aryl methyl sites for hydroxylation is 2. The van der Waals surface area contributed by atoms with Gasteiger partial charge in [-0.2, -0.15) is 0 Å². The molecule has 0 unspecified atom stereocenters. The lowest BCUT2D eigenvalue weighted by Gasteiger charge is -2.14. The van der Waals surface area contributed by atoms with Crippen LogP contribution in [0.2, 0.25) is 0 Å². The molecule has 0 spiro atoms. The average Bonchev–Trinajstić information content (AvgIpc) is 2.96. The number of pyridine rings is 1. The van der Waals surface area contributed by atoms with E-state index in [0.29, 0.717) is 17.0 Å². The zero-order valence-corrected chi connectivity index (χ0v) is 13.2. The quantitative estimate of drug-likeness (QED) is 0.762. The number of methoxy groups -OCH3 is 1.